The summed E-state index contributed by atoms with van der Waals surface area (Å²) in [6.07, 6.45) is 0.0386. The smallest absolute Gasteiger partial charge is 0.212 e. The highest BCUT2D eigenvalue weighted by atomic mass is 32.2. The molecule has 0 aliphatic carbocycles. The van der Waals surface area contributed by atoms with Gasteiger partial charge in [-0.3, -0.25) is 0 Å². The summed E-state index contributed by atoms with van der Waals surface area (Å²) in [7, 11) is 1.32. The highest BCUT2D eigenvalue weighted by molar-refractivity contribution is 7.89. The molecular formula is C19H25NO5S. The van der Waals surface area contributed by atoms with E-state index in [4.69, 9.17) is 14.2 Å². The fourth-order valence-electron chi connectivity index (χ4n) is 2.50. The molecule has 2 aromatic rings. The number of benzene rings is 2. The molecule has 2 aromatic carbocycles. The third kappa shape index (κ3) is 6.01. The lowest BCUT2D eigenvalue weighted by Crippen LogP contribution is -2.31. The molecule has 0 aliphatic heterocycles. The standard InChI is InChI=1S/C19H25NO5S/c1-23-17-9-7-15(8-10-17)11-12-26(21,22)20-14-19(25-3)16-5-4-6-18(13-16)24-2/h4-10,13,19-20H,11-12,14H2,1-3H3. The van der Waals surface area contributed by atoms with Crippen molar-refractivity contribution in [2.75, 3.05) is 33.6 Å². The molecule has 142 valence electrons. The van der Waals surface area contributed by atoms with Crippen LogP contribution in [0, 0.1) is 0 Å². The van der Waals surface area contributed by atoms with Crippen molar-refractivity contribution in [1.29, 1.82) is 0 Å². The number of hydrogen-bond acceptors (Lipinski definition) is 5. The lowest BCUT2D eigenvalue weighted by atomic mass is 10.1. The maximum absolute atomic E-state index is 12.3. The van der Waals surface area contributed by atoms with Crippen molar-refractivity contribution in [3.63, 3.8) is 0 Å². The Morgan fingerprint density at radius 2 is 1.65 bits per heavy atom. The highest BCUT2D eigenvalue weighted by Gasteiger charge is 2.16. The highest BCUT2D eigenvalue weighted by Crippen LogP contribution is 2.21. The lowest BCUT2D eigenvalue weighted by Gasteiger charge is -2.17. The Labute approximate surface area is 155 Å². The number of nitrogens with one attached hydrogen (secondary N) is 1. The van der Waals surface area contributed by atoms with E-state index in [-0.39, 0.29) is 18.4 Å². The van der Waals surface area contributed by atoms with E-state index in [1.807, 2.05) is 48.5 Å². The van der Waals surface area contributed by atoms with E-state index in [9.17, 15) is 8.42 Å². The van der Waals surface area contributed by atoms with Gasteiger partial charge < -0.3 is 14.2 Å². The lowest BCUT2D eigenvalue weighted by molar-refractivity contribution is 0.107. The predicted octanol–water partition coefficient (Wildman–Crippen LogP) is 2.55. The number of methoxy groups -OCH3 is 3. The molecule has 1 unspecified atom stereocenters. The Balaban J connectivity index is 1.92. The van der Waals surface area contributed by atoms with Crippen LogP contribution >= 0.6 is 0 Å². The summed E-state index contributed by atoms with van der Waals surface area (Å²) in [5, 5.41) is 0. The molecule has 0 saturated carbocycles. The summed E-state index contributed by atoms with van der Waals surface area (Å²) in [5.41, 5.74) is 1.79. The molecule has 0 aromatic heterocycles. The first-order valence-corrected chi connectivity index (χ1v) is 9.89. The van der Waals surface area contributed by atoms with E-state index < -0.39 is 10.0 Å². The minimum Gasteiger partial charge on any atom is -0.497 e. The van der Waals surface area contributed by atoms with Crippen LogP contribution in [0.2, 0.25) is 0 Å². The molecule has 0 saturated heterocycles. The van der Waals surface area contributed by atoms with Crippen molar-refractivity contribution in [3.8, 4) is 11.5 Å². The number of sulfonamides is 1. The van der Waals surface area contributed by atoms with E-state index in [0.717, 1.165) is 16.9 Å². The molecule has 1 N–H and O–H groups in total. The second-order valence-electron chi connectivity index (χ2n) is 5.77. The minimum absolute atomic E-state index is 0.00781. The van der Waals surface area contributed by atoms with Crippen molar-refractivity contribution < 1.29 is 22.6 Å². The molecular weight excluding hydrogens is 354 g/mol. The minimum atomic E-state index is -3.42. The predicted molar refractivity (Wildman–Crippen MR) is 101 cm³/mol. The molecule has 0 bridgehead atoms. The number of aryl methyl sites for hydroxylation is 1. The van der Waals surface area contributed by atoms with Crippen molar-refractivity contribution in [3.05, 3.63) is 59.7 Å². The maximum atomic E-state index is 12.3. The summed E-state index contributed by atoms with van der Waals surface area (Å²) in [5.74, 6) is 1.45. The van der Waals surface area contributed by atoms with Gasteiger partial charge in [-0.2, -0.15) is 0 Å². The summed E-state index contributed by atoms with van der Waals surface area (Å²) >= 11 is 0. The molecule has 1 atom stereocenters. The summed E-state index contributed by atoms with van der Waals surface area (Å²) in [4.78, 5) is 0. The van der Waals surface area contributed by atoms with Crippen LogP contribution in [0.4, 0.5) is 0 Å². The quantitative estimate of drug-likeness (QED) is 0.687. The SMILES string of the molecule is COc1ccc(CCS(=O)(=O)NCC(OC)c2cccc(OC)c2)cc1. The first kappa shape index (κ1) is 20.2. The third-order valence-corrected chi connectivity index (χ3v) is 5.41. The Hall–Kier alpha value is -2.09. The van der Waals surface area contributed by atoms with Crippen LogP contribution < -0.4 is 14.2 Å². The molecule has 26 heavy (non-hydrogen) atoms. The van der Waals surface area contributed by atoms with E-state index in [2.05, 4.69) is 4.72 Å². The number of ether oxygens (including phenoxy) is 3. The number of rotatable bonds is 10. The van der Waals surface area contributed by atoms with E-state index >= 15 is 0 Å². The largest absolute Gasteiger partial charge is 0.497 e. The van der Waals surface area contributed by atoms with Crippen molar-refractivity contribution >= 4 is 10.0 Å². The van der Waals surface area contributed by atoms with Gasteiger partial charge in [0.2, 0.25) is 10.0 Å². The van der Waals surface area contributed by atoms with Crippen LogP contribution in [0.5, 0.6) is 11.5 Å². The van der Waals surface area contributed by atoms with Gasteiger partial charge in [0.05, 0.1) is 26.1 Å². The van der Waals surface area contributed by atoms with Gasteiger partial charge in [0.25, 0.3) is 0 Å². The van der Waals surface area contributed by atoms with Gasteiger partial charge in [-0.05, 0) is 41.8 Å². The van der Waals surface area contributed by atoms with Crippen LogP contribution in [0.3, 0.4) is 0 Å². The second kappa shape index (κ2) is 9.56. The molecule has 0 aliphatic rings. The first-order chi connectivity index (χ1) is 12.5. The molecule has 0 heterocycles. The van der Waals surface area contributed by atoms with Gasteiger partial charge in [0, 0.05) is 13.7 Å². The van der Waals surface area contributed by atoms with E-state index in [0.29, 0.717) is 12.2 Å². The Morgan fingerprint density at radius 3 is 2.27 bits per heavy atom. The molecule has 0 amide bonds. The molecule has 6 nitrogen and oxygen atoms in total. The molecule has 7 heteroatoms. The van der Waals surface area contributed by atoms with Crippen LogP contribution in [-0.4, -0.2) is 42.0 Å². The molecule has 0 spiro atoms. The topological polar surface area (TPSA) is 73.9 Å². The van der Waals surface area contributed by atoms with Crippen LogP contribution in [-0.2, 0) is 21.2 Å². The zero-order valence-electron chi connectivity index (χ0n) is 15.3. The van der Waals surface area contributed by atoms with E-state index in [1.54, 1.807) is 21.3 Å². The van der Waals surface area contributed by atoms with Crippen LogP contribution in [0.1, 0.15) is 17.2 Å². The Kier molecular flexibility index (Phi) is 7.44. The van der Waals surface area contributed by atoms with Gasteiger partial charge in [-0.1, -0.05) is 24.3 Å². The summed E-state index contributed by atoms with van der Waals surface area (Å²) in [6.45, 7) is 0.161. The zero-order chi connectivity index (χ0) is 19.0. The fraction of sp³-hybridized carbons (Fsp3) is 0.368. The molecule has 0 fully saturated rings. The van der Waals surface area contributed by atoms with Gasteiger partial charge >= 0.3 is 0 Å². The molecule has 0 radical (unpaired) electrons. The monoisotopic (exact) mass is 379 g/mol. The zero-order valence-corrected chi connectivity index (χ0v) is 16.1. The van der Waals surface area contributed by atoms with Gasteiger partial charge in [0.1, 0.15) is 11.5 Å². The fourth-order valence-corrected chi connectivity index (χ4v) is 3.55. The first-order valence-electron chi connectivity index (χ1n) is 8.24. The second-order valence-corrected chi connectivity index (χ2v) is 7.69. The van der Waals surface area contributed by atoms with E-state index in [1.165, 1.54) is 0 Å². The van der Waals surface area contributed by atoms with Crippen LogP contribution in [0.15, 0.2) is 48.5 Å². The van der Waals surface area contributed by atoms with Gasteiger partial charge in [-0.15, -0.1) is 0 Å². The van der Waals surface area contributed by atoms with Crippen molar-refractivity contribution in [1.82, 2.24) is 4.72 Å². The van der Waals surface area contributed by atoms with Crippen molar-refractivity contribution in [2.45, 2.75) is 12.5 Å². The summed E-state index contributed by atoms with van der Waals surface area (Å²) in [6, 6.07) is 14.7. The average Bonchev–Trinajstić information content (AvgIpc) is 2.67. The molecule has 2 rings (SSSR count). The van der Waals surface area contributed by atoms with Crippen LogP contribution in [0.25, 0.3) is 0 Å². The van der Waals surface area contributed by atoms with Gasteiger partial charge in [0.15, 0.2) is 0 Å². The Morgan fingerprint density at radius 1 is 0.962 bits per heavy atom. The normalized spacial score (nSPS) is 12.6. The summed E-state index contributed by atoms with van der Waals surface area (Å²) < 4.78 is 42.9. The van der Waals surface area contributed by atoms with Crippen molar-refractivity contribution in [2.24, 2.45) is 0 Å². The average molecular weight is 379 g/mol. The third-order valence-electron chi connectivity index (χ3n) is 4.06. The maximum Gasteiger partial charge on any atom is 0.212 e. The number of hydrogen-bond donors (Lipinski definition) is 1. The Bertz CT molecular complexity index is 790. The van der Waals surface area contributed by atoms with Gasteiger partial charge in [-0.25, -0.2) is 13.1 Å².